The van der Waals surface area contributed by atoms with Crippen molar-refractivity contribution < 1.29 is 18.3 Å². The van der Waals surface area contributed by atoms with E-state index in [1.165, 1.54) is 6.07 Å². The Morgan fingerprint density at radius 1 is 1.39 bits per heavy atom. The summed E-state index contributed by atoms with van der Waals surface area (Å²) in [5.74, 6) is -0.118. The van der Waals surface area contributed by atoms with Crippen LogP contribution in [-0.2, 0) is 14.6 Å². The Hall–Kier alpha value is -1.56. The molecule has 18 heavy (non-hydrogen) atoms. The maximum atomic E-state index is 11.7. The van der Waals surface area contributed by atoms with E-state index in [1.54, 1.807) is 18.2 Å². The highest BCUT2D eigenvalue weighted by atomic mass is 32.2. The number of phenolic OH excluding ortho intramolecular Hbond substituents is 1. The van der Waals surface area contributed by atoms with Crippen LogP contribution in [0.4, 0.5) is 5.69 Å². The van der Waals surface area contributed by atoms with Crippen molar-refractivity contribution in [1.82, 2.24) is 0 Å². The zero-order chi connectivity index (χ0) is 13.2. The molecule has 1 saturated heterocycles. The van der Waals surface area contributed by atoms with Crippen LogP contribution in [0.2, 0.25) is 0 Å². The summed E-state index contributed by atoms with van der Waals surface area (Å²) in [5.41, 5.74) is 0.350. The molecule has 0 radical (unpaired) electrons. The lowest BCUT2D eigenvalue weighted by Gasteiger charge is -2.09. The highest BCUT2D eigenvalue weighted by Crippen LogP contribution is 2.24. The van der Waals surface area contributed by atoms with Gasteiger partial charge in [0.1, 0.15) is 5.75 Å². The first kappa shape index (κ1) is 12.9. The fraction of sp³-hybridized carbons (Fsp3) is 0.417. The lowest BCUT2D eigenvalue weighted by atomic mass is 10.1. The number of amides is 1. The predicted molar refractivity (Wildman–Crippen MR) is 68.1 cm³/mol. The van der Waals surface area contributed by atoms with Crippen LogP contribution in [0.25, 0.3) is 0 Å². The minimum atomic E-state index is -2.95. The highest BCUT2D eigenvalue weighted by molar-refractivity contribution is 7.91. The Morgan fingerprint density at radius 2 is 2.11 bits per heavy atom. The average molecular weight is 269 g/mol. The van der Waals surface area contributed by atoms with Gasteiger partial charge < -0.3 is 10.4 Å². The average Bonchev–Trinajstić information content (AvgIpc) is 2.61. The van der Waals surface area contributed by atoms with Crippen molar-refractivity contribution in [3.05, 3.63) is 24.3 Å². The summed E-state index contributed by atoms with van der Waals surface area (Å²) in [7, 11) is -2.95. The molecule has 1 aliphatic rings. The smallest absolute Gasteiger partial charge is 0.224 e. The number of para-hydroxylation sites is 2. The molecule has 2 N–H and O–H groups in total. The van der Waals surface area contributed by atoms with Gasteiger partial charge in [-0.15, -0.1) is 0 Å². The van der Waals surface area contributed by atoms with Crippen LogP contribution in [0, 0.1) is 5.92 Å². The minimum Gasteiger partial charge on any atom is -0.506 e. The van der Waals surface area contributed by atoms with E-state index in [9.17, 15) is 18.3 Å². The topological polar surface area (TPSA) is 83.5 Å². The first-order valence-electron chi connectivity index (χ1n) is 5.74. The number of hydrogen-bond donors (Lipinski definition) is 2. The van der Waals surface area contributed by atoms with Gasteiger partial charge in [0.2, 0.25) is 5.91 Å². The fourth-order valence-corrected chi connectivity index (χ4v) is 3.94. The fourth-order valence-electron chi connectivity index (χ4n) is 2.08. The molecule has 6 heteroatoms. The summed E-state index contributed by atoms with van der Waals surface area (Å²) < 4.78 is 22.5. The van der Waals surface area contributed by atoms with Crippen LogP contribution in [0.15, 0.2) is 24.3 Å². The molecule has 1 unspecified atom stereocenters. The molecule has 1 atom stereocenters. The number of carbonyl (C=O) groups excluding carboxylic acids is 1. The van der Waals surface area contributed by atoms with Gasteiger partial charge in [0.15, 0.2) is 9.84 Å². The Morgan fingerprint density at radius 3 is 2.72 bits per heavy atom. The molecule has 1 aromatic carbocycles. The van der Waals surface area contributed by atoms with Crippen molar-refractivity contribution in [3.8, 4) is 5.75 Å². The summed E-state index contributed by atoms with van der Waals surface area (Å²) >= 11 is 0. The molecule has 0 saturated carbocycles. The number of rotatable bonds is 3. The number of nitrogens with one attached hydrogen (secondary N) is 1. The Bertz CT molecular complexity index is 553. The first-order chi connectivity index (χ1) is 8.46. The molecule has 0 bridgehead atoms. The number of phenols is 1. The largest absolute Gasteiger partial charge is 0.506 e. The third kappa shape index (κ3) is 3.22. The molecule has 0 aromatic heterocycles. The summed E-state index contributed by atoms with van der Waals surface area (Å²) in [5, 5.41) is 12.1. The van der Waals surface area contributed by atoms with Gasteiger partial charge in [-0.25, -0.2) is 8.42 Å². The monoisotopic (exact) mass is 269 g/mol. The molecule has 1 aliphatic heterocycles. The van der Waals surface area contributed by atoms with Crippen LogP contribution in [0.5, 0.6) is 5.75 Å². The van der Waals surface area contributed by atoms with Gasteiger partial charge in [-0.2, -0.15) is 0 Å². The molecule has 1 aromatic rings. The number of aromatic hydroxyl groups is 1. The minimum absolute atomic E-state index is 0.00453. The molecule has 1 heterocycles. The van der Waals surface area contributed by atoms with E-state index in [0.29, 0.717) is 12.1 Å². The standard InChI is InChI=1S/C12H15NO4S/c14-11-4-2-1-3-10(11)13-12(15)7-9-5-6-18(16,17)8-9/h1-4,9,14H,5-8H2,(H,13,15). The van der Waals surface area contributed by atoms with Gasteiger partial charge in [-0.3, -0.25) is 4.79 Å². The third-order valence-electron chi connectivity index (χ3n) is 2.98. The molecular weight excluding hydrogens is 254 g/mol. The Labute approximate surface area is 106 Å². The maximum Gasteiger partial charge on any atom is 0.224 e. The zero-order valence-corrected chi connectivity index (χ0v) is 10.6. The van der Waals surface area contributed by atoms with E-state index in [-0.39, 0.29) is 35.5 Å². The predicted octanol–water partition coefficient (Wildman–Crippen LogP) is 1.16. The van der Waals surface area contributed by atoms with E-state index in [0.717, 1.165) is 0 Å². The molecule has 2 rings (SSSR count). The molecule has 0 aliphatic carbocycles. The lowest BCUT2D eigenvalue weighted by Crippen LogP contribution is -2.17. The summed E-state index contributed by atoms with van der Waals surface area (Å²) in [6.07, 6.45) is 0.712. The Balaban J connectivity index is 1.92. The van der Waals surface area contributed by atoms with E-state index in [2.05, 4.69) is 5.32 Å². The number of carbonyl (C=O) groups is 1. The van der Waals surface area contributed by atoms with Crippen molar-refractivity contribution in [2.75, 3.05) is 16.8 Å². The number of anilines is 1. The molecule has 1 amide bonds. The Kier molecular flexibility index (Phi) is 3.56. The highest BCUT2D eigenvalue weighted by Gasteiger charge is 2.29. The second-order valence-corrected chi connectivity index (χ2v) is 6.77. The van der Waals surface area contributed by atoms with Crippen molar-refractivity contribution in [1.29, 1.82) is 0 Å². The van der Waals surface area contributed by atoms with Crippen molar-refractivity contribution >= 4 is 21.4 Å². The molecule has 98 valence electrons. The van der Waals surface area contributed by atoms with Crippen LogP contribution < -0.4 is 5.32 Å². The molecular formula is C12H15NO4S. The van der Waals surface area contributed by atoms with Gasteiger partial charge in [-0.1, -0.05) is 12.1 Å². The van der Waals surface area contributed by atoms with Crippen LogP contribution in [0.3, 0.4) is 0 Å². The van der Waals surface area contributed by atoms with Crippen LogP contribution >= 0.6 is 0 Å². The van der Waals surface area contributed by atoms with Gasteiger partial charge in [0.25, 0.3) is 0 Å². The zero-order valence-electron chi connectivity index (χ0n) is 9.80. The summed E-state index contributed by atoms with van der Waals surface area (Å²) in [4.78, 5) is 11.7. The van der Waals surface area contributed by atoms with Crippen LogP contribution in [0.1, 0.15) is 12.8 Å². The van der Waals surface area contributed by atoms with E-state index < -0.39 is 9.84 Å². The van der Waals surface area contributed by atoms with Crippen molar-refractivity contribution in [2.24, 2.45) is 5.92 Å². The number of benzene rings is 1. The lowest BCUT2D eigenvalue weighted by molar-refractivity contribution is -0.116. The summed E-state index contributed by atoms with van der Waals surface area (Å²) in [6, 6.07) is 6.44. The maximum absolute atomic E-state index is 11.7. The molecule has 5 nitrogen and oxygen atoms in total. The van der Waals surface area contributed by atoms with Gasteiger partial charge in [0, 0.05) is 6.42 Å². The SMILES string of the molecule is O=C(CC1CCS(=O)(=O)C1)Nc1ccccc1O. The second-order valence-electron chi connectivity index (χ2n) is 4.54. The van der Waals surface area contributed by atoms with E-state index >= 15 is 0 Å². The molecule has 1 fully saturated rings. The van der Waals surface area contributed by atoms with Gasteiger partial charge in [0.05, 0.1) is 17.2 Å². The van der Waals surface area contributed by atoms with Crippen LogP contribution in [-0.4, -0.2) is 30.9 Å². The van der Waals surface area contributed by atoms with Gasteiger partial charge >= 0.3 is 0 Å². The number of sulfone groups is 1. The number of hydrogen-bond acceptors (Lipinski definition) is 4. The quantitative estimate of drug-likeness (QED) is 0.806. The van der Waals surface area contributed by atoms with Gasteiger partial charge in [-0.05, 0) is 24.5 Å². The third-order valence-corrected chi connectivity index (χ3v) is 4.82. The molecule has 0 spiro atoms. The van der Waals surface area contributed by atoms with Crippen molar-refractivity contribution in [2.45, 2.75) is 12.8 Å². The van der Waals surface area contributed by atoms with E-state index in [4.69, 9.17) is 0 Å². The van der Waals surface area contributed by atoms with Crippen molar-refractivity contribution in [3.63, 3.8) is 0 Å². The van der Waals surface area contributed by atoms with E-state index in [1.807, 2.05) is 0 Å². The summed E-state index contributed by atoms with van der Waals surface area (Å²) in [6.45, 7) is 0. The first-order valence-corrected chi connectivity index (χ1v) is 7.57. The normalized spacial score (nSPS) is 21.7. The second kappa shape index (κ2) is 4.97.